The van der Waals surface area contributed by atoms with Crippen molar-refractivity contribution < 1.29 is 9.18 Å². The molecule has 0 saturated carbocycles. The van der Waals surface area contributed by atoms with E-state index < -0.39 is 0 Å². The average Bonchev–Trinajstić information content (AvgIpc) is 2.74. The molecule has 6 heteroatoms. The fourth-order valence-corrected chi connectivity index (χ4v) is 3.42. The zero-order valence-corrected chi connectivity index (χ0v) is 15.4. The summed E-state index contributed by atoms with van der Waals surface area (Å²) in [5, 5.41) is 3.14. The van der Waals surface area contributed by atoms with Gasteiger partial charge in [0.25, 0.3) is 5.91 Å². The molecule has 5 nitrogen and oxygen atoms in total. The minimum absolute atomic E-state index is 0.115. The van der Waals surface area contributed by atoms with E-state index in [-0.39, 0.29) is 11.7 Å². The standard InChI is InChI=1S/C22H21FN4O/c23-18-9-7-16(8-10-18)11-13-24-22-25-14-12-19(26-22)21(28)27-15-3-5-17-4-1-2-6-20(17)27/h1-2,4,6-10,12,14H,3,5,11,13,15H2,(H,24,25,26). The normalized spacial score (nSPS) is 13.1. The summed E-state index contributed by atoms with van der Waals surface area (Å²) in [7, 11) is 0. The monoisotopic (exact) mass is 376 g/mol. The van der Waals surface area contributed by atoms with E-state index >= 15 is 0 Å². The molecule has 1 aliphatic heterocycles. The van der Waals surface area contributed by atoms with Crippen LogP contribution in [0.4, 0.5) is 16.0 Å². The third-order valence-electron chi connectivity index (χ3n) is 4.84. The molecule has 1 N–H and O–H groups in total. The number of rotatable bonds is 5. The van der Waals surface area contributed by atoms with Crippen molar-refractivity contribution in [2.24, 2.45) is 0 Å². The third kappa shape index (κ3) is 4.01. The van der Waals surface area contributed by atoms with Gasteiger partial charge in [0.2, 0.25) is 5.95 Å². The Kier molecular flexibility index (Phi) is 5.28. The van der Waals surface area contributed by atoms with Crippen LogP contribution in [-0.2, 0) is 12.8 Å². The summed E-state index contributed by atoms with van der Waals surface area (Å²) >= 11 is 0. The van der Waals surface area contributed by atoms with E-state index in [1.807, 2.05) is 18.2 Å². The second kappa shape index (κ2) is 8.17. The smallest absolute Gasteiger partial charge is 0.277 e. The van der Waals surface area contributed by atoms with Gasteiger partial charge in [-0.05, 0) is 54.7 Å². The maximum absolute atomic E-state index is 13.0. The Hall–Kier alpha value is -3.28. The molecule has 2 aromatic carbocycles. The molecule has 0 spiro atoms. The number of aryl methyl sites for hydroxylation is 1. The van der Waals surface area contributed by atoms with Crippen molar-refractivity contribution in [1.82, 2.24) is 9.97 Å². The number of carbonyl (C=O) groups excluding carboxylic acids is 1. The number of halogens is 1. The summed E-state index contributed by atoms with van der Waals surface area (Å²) in [6.07, 6.45) is 4.23. The number of nitrogens with zero attached hydrogens (tertiary/aromatic N) is 3. The second-order valence-electron chi connectivity index (χ2n) is 6.76. The van der Waals surface area contributed by atoms with E-state index in [2.05, 4.69) is 21.4 Å². The van der Waals surface area contributed by atoms with Crippen LogP contribution in [0, 0.1) is 5.82 Å². The number of hydrogen-bond acceptors (Lipinski definition) is 4. The molecule has 0 unspecified atom stereocenters. The van der Waals surface area contributed by atoms with Crippen molar-refractivity contribution in [3.05, 3.63) is 83.4 Å². The van der Waals surface area contributed by atoms with Gasteiger partial charge in [0.15, 0.2) is 0 Å². The molecule has 0 fully saturated rings. The van der Waals surface area contributed by atoms with Crippen molar-refractivity contribution in [2.45, 2.75) is 19.3 Å². The first-order chi connectivity index (χ1) is 13.7. The predicted molar refractivity (Wildman–Crippen MR) is 107 cm³/mol. The Balaban J connectivity index is 1.43. The molecule has 1 amide bonds. The van der Waals surface area contributed by atoms with Crippen molar-refractivity contribution in [3.63, 3.8) is 0 Å². The van der Waals surface area contributed by atoms with Crippen molar-refractivity contribution in [2.75, 3.05) is 23.3 Å². The van der Waals surface area contributed by atoms with Crippen LogP contribution < -0.4 is 10.2 Å². The molecule has 142 valence electrons. The van der Waals surface area contributed by atoms with Gasteiger partial charge in [-0.3, -0.25) is 4.79 Å². The van der Waals surface area contributed by atoms with Crippen LogP contribution >= 0.6 is 0 Å². The van der Waals surface area contributed by atoms with E-state index in [4.69, 9.17) is 0 Å². The first-order valence-corrected chi connectivity index (χ1v) is 9.42. The topological polar surface area (TPSA) is 58.1 Å². The highest BCUT2D eigenvalue weighted by molar-refractivity contribution is 6.05. The number of hydrogen-bond donors (Lipinski definition) is 1. The number of benzene rings is 2. The van der Waals surface area contributed by atoms with Crippen LogP contribution in [0.3, 0.4) is 0 Å². The van der Waals surface area contributed by atoms with Gasteiger partial charge in [-0.2, -0.15) is 0 Å². The molecule has 0 aliphatic carbocycles. The molecular weight excluding hydrogens is 355 g/mol. The lowest BCUT2D eigenvalue weighted by molar-refractivity contribution is 0.0980. The van der Waals surface area contributed by atoms with Crippen LogP contribution in [0.5, 0.6) is 0 Å². The molecule has 28 heavy (non-hydrogen) atoms. The molecule has 1 aromatic heterocycles. The molecular formula is C22H21FN4O. The summed E-state index contributed by atoms with van der Waals surface area (Å²) in [5.41, 5.74) is 3.54. The average molecular weight is 376 g/mol. The van der Waals surface area contributed by atoms with Crippen LogP contribution in [0.15, 0.2) is 60.8 Å². The van der Waals surface area contributed by atoms with E-state index in [9.17, 15) is 9.18 Å². The first kappa shape index (κ1) is 18.1. The highest BCUT2D eigenvalue weighted by Gasteiger charge is 2.24. The Labute approximate surface area is 163 Å². The predicted octanol–water partition coefficient (Wildman–Crippen LogP) is 3.86. The molecule has 0 radical (unpaired) electrons. The lowest BCUT2D eigenvalue weighted by Crippen LogP contribution is -2.36. The molecule has 0 atom stereocenters. The Morgan fingerprint density at radius 1 is 1.11 bits per heavy atom. The maximum atomic E-state index is 13.0. The lowest BCUT2D eigenvalue weighted by Gasteiger charge is -2.29. The Morgan fingerprint density at radius 3 is 2.79 bits per heavy atom. The summed E-state index contributed by atoms with van der Waals surface area (Å²) in [6, 6.07) is 16.0. The van der Waals surface area contributed by atoms with E-state index in [1.54, 1.807) is 29.3 Å². The van der Waals surface area contributed by atoms with Gasteiger partial charge in [-0.1, -0.05) is 30.3 Å². The number of anilines is 2. The third-order valence-corrected chi connectivity index (χ3v) is 4.84. The van der Waals surface area contributed by atoms with Gasteiger partial charge in [0.1, 0.15) is 11.5 Å². The minimum atomic E-state index is -0.245. The zero-order chi connectivity index (χ0) is 19.3. The first-order valence-electron chi connectivity index (χ1n) is 9.42. The van der Waals surface area contributed by atoms with Gasteiger partial charge in [0, 0.05) is 25.0 Å². The van der Waals surface area contributed by atoms with Crippen molar-refractivity contribution in [3.8, 4) is 0 Å². The number of carbonyl (C=O) groups is 1. The fraction of sp³-hybridized carbons (Fsp3) is 0.227. The summed E-state index contributed by atoms with van der Waals surface area (Å²) in [6.45, 7) is 1.28. The quantitative estimate of drug-likeness (QED) is 0.735. The Morgan fingerprint density at radius 2 is 1.93 bits per heavy atom. The summed E-state index contributed by atoms with van der Waals surface area (Å²) in [5.74, 6) is 0.0555. The fourth-order valence-electron chi connectivity index (χ4n) is 3.42. The van der Waals surface area contributed by atoms with Crippen LogP contribution in [0.1, 0.15) is 28.0 Å². The Bertz CT molecular complexity index is 974. The lowest BCUT2D eigenvalue weighted by atomic mass is 10.0. The summed E-state index contributed by atoms with van der Waals surface area (Å²) < 4.78 is 13.0. The maximum Gasteiger partial charge on any atom is 0.277 e. The number of amides is 1. The molecule has 0 saturated heterocycles. The number of fused-ring (bicyclic) bond motifs is 1. The largest absolute Gasteiger partial charge is 0.354 e. The molecule has 1 aliphatic rings. The highest BCUT2D eigenvalue weighted by atomic mass is 19.1. The zero-order valence-electron chi connectivity index (χ0n) is 15.4. The van der Waals surface area contributed by atoms with E-state index in [1.165, 1.54) is 17.7 Å². The highest BCUT2D eigenvalue weighted by Crippen LogP contribution is 2.27. The molecule has 0 bridgehead atoms. The van der Waals surface area contributed by atoms with Gasteiger partial charge in [-0.25, -0.2) is 14.4 Å². The minimum Gasteiger partial charge on any atom is -0.354 e. The van der Waals surface area contributed by atoms with Crippen molar-refractivity contribution in [1.29, 1.82) is 0 Å². The van der Waals surface area contributed by atoms with Gasteiger partial charge < -0.3 is 10.2 Å². The van der Waals surface area contributed by atoms with Gasteiger partial charge in [-0.15, -0.1) is 0 Å². The number of para-hydroxylation sites is 1. The second-order valence-corrected chi connectivity index (χ2v) is 6.76. The van der Waals surface area contributed by atoms with E-state index in [0.717, 1.165) is 24.1 Å². The van der Waals surface area contributed by atoms with Crippen LogP contribution in [0.25, 0.3) is 0 Å². The molecule has 2 heterocycles. The van der Waals surface area contributed by atoms with E-state index in [0.29, 0.717) is 31.2 Å². The van der Waals surface area contributed by atoms with Gasteiger partial charge in [0.05, 0.1) is 0 Å². The molecule has 4 rings (SSSR count). The van der Waals surface area contributed by atoms with Crippen LogP contribution in [-0.4, -0.2) is 29.0 Å². The van der Waals surface area contributed by atoms with Crippen molar-refractivity contribution >= 4 is 17.5 Å². The number of aromatic nitrogens is 2. The number of nitrogens with one attached hydrogen (secondary N) is 1. The molecule has 3 aromatic rings. The van der Waals surface area contributed by atoms with Crippen LogP contribution in [0.2, 0.25) is 0 Å². The SMILES string of the molecule is O=C(c1ccnc(NCCc2ccc(F)cc2)n1)N1CCCc2ccccc21. The summed E-state index contributed by atoms with van der Waals surface area (Å²) in [4.78, 5) is 23.4. The van der Waals surface area contributed by atoms with Gasteiger partial charge >= 0.3 is 0 Å².